The minimum Gasteiger partial charge on any atom is -0.349 e. The van der Waals surface area contributed by atoms with Crippen LogP contribution in [0.3, 0.4) is 0 Å². The highest BCUT2D eigenvalue weighted by Crippen LogP contribution is 2.35. The fourth-order valence-electron chi connectivity index (χ4n) is 3.95. The number of amides is 4. The minimum atomic E-state index is -0.710. The Labute approximate surface area is 154 Å². The summed E-state index contributed by atoms with van der Waals surface area (Å²) in [5.41, 5.74) is 0.341. The fraction of sp³-hybridized carbons (Fsp3) is 0.550. The van der Waals surface area contributed by atoms with Gasteiger partial charge >= 0.3 is 6.03 Å². The highest BCUT2D eigenvalue weighted by molar-refractivity contribution is 6.07. The summed E-state index contributed by atoms with van der Waals surface area (Å²) in [4.78, 5) is 38.4. The maximum atomic E-state index is 12.6. The van der Waals surface area contributed by atoms with Gasteiger partial charge in [-0.05, 0) is 24.3 Å². The summed E-state index contributed by atoms with van der Waals surface area (Å²) in [6, 6.07) is 9.37. The molecule has 1 saturated carbocycles. The lowest BCUT2D eigenvalue weighted by Crippen LogP contribution is -2.44. The molecule has 0 bridgehead atoms. The topological polar surface area (TPSA) is 78.5 Å². The van der Waals surface area contributed by atoms with Gasteiger partial charge in [-0.3, -0.25) is 14.5 Å². The summed E-state index contributed by atoms with van der Waals surface area (Å²) in [6.45, 7) is 4.23. The highest BCUT2D eigenvalue weighted by atomic mass is 16.2. The van der Waals surface area contributed by atoms with Crippen molar-refractivity contribution in [1.29, 1.82) is 0 Å². The van der Waals surface area contributed by atoms with Gasteiger partial charge in [0.05, 0.1) is 6.04 Å². The second-order valence-corrected chi connectivity index (χ2v) is 7.63. The molecule has 0 radical (unpaired) electrons. The van der Waals surface area contributed by atoms with Crippen LogP contribution >= 0.6 is 0 Å². The first-order chi connectivity index (χ1) is 12.4. The highest BCUT2D eigenvalue weighted by Gasteiger charge is 2.52. The summed E-state index contributed by atoms with van der Waals surface area (Å²) in [5.74, 6) is -0.0865. The minimum absolute atomic E-state index is 0.0898. The van der Waals surface area contributed by atoms with E-state index in [4.69, 9.17) is 0 Å². The smallest absolute Gasteiger partial charge is 0.325 e. The van der Waals surface area contributed by atoms with Crippen molar-refractivity contribution in [1.82, 2.24) is 15.5 Å². The number of nitrogens with one attached hydrogen (secondary N) is 2. The van der Waals surface area contributed by atoms with Crippen molar-refractivity contribution in [2.24, 2.45) is 5.92 Å². The Bertz CT molecular complexity index is 681. The Hall–Kier alpha value is -2.37. The Balaban J connectivity index is 1.58. The Morgan fingerprint density at radius 1 is 1.19 bits per heavy atom. The predicted molar refractivity (Wildman–Crippen MR) is 98.2 cm³/mol. The molecule has 140 valence electrons. The lowest BCUT2D eigenvalue weighted by atomic mass is 9.96. The Kier molecular flexibility index (Phi) is 5.30. The molecule has 1 aromatic rings. The van der Waals surface area contributed by atoms with Gasteiger partial charge in [0, 0.05) is 13.0 Å². The first kappa shape index (κ1) is 18.4. The number of carbonyl (C=O) groups excluding carboxylic acids is 3. The molecule has 1 saturated heterocycles. The van der Waals surface area contributed by atoms with E-state index in [9.17, 15) is 14.4 Å². The van der Waals surface area contributed by atoms with E-state index in [0.717, 1.165) is 18.4 Å². The molecular weight excluding hydrogens is 330 g/mol. The lowest BCUT2D eigenvalue weighted by molar-refractivity contribution is -0.131. The van der Waals surface area contributed by atoms with Crippen molar-refractivity contribution in [3.05, 3.63) is 35.9 Å². The van der Waals surface area contributed by atoms with Crippen LogP contribution in [0.2, 0.25) is 0 Å². The summed E-state index contributed by atoms with van der Waals surface area (Å²) in [7, 11) is 0. The predicted octanol–water partition coefficient (Wildman–Crippen LogP) is 2.75. The maximum Gasteiger partial charge on any atom is 0.325 e. The van der Waals surface area contributed by atoms with Gasteiger partial charge in [-0.15, -0.1) is 0 Å². The largest absolute Gasteiger partial charge is 0.349 e. The first-order valence-electron chi connectivity index (χ1n) is 9.41. The third-order valence-electron chi connectivity index (χ3n) is 5.41. The maximum absolute atomic E-state index is 12.6. The van der Waals surface area contributed by atoms with Crippen LogP contribution < -0.4 is 10.6 Å². The van der Waals surface area contributed by atoms with E-state index < -0.39 is 5.54 Å². The van der Waals surface area contributed by atoms with E-state index in [2.05, 4.69) is 24.5 Å². The molecule has 6 heteroatoms. The Morgan fingerprint density at radius 2 is 1.85 bits per heavy atom. The monoisotopic (exact) mass is 357 g/mol. The zero-order valence-corrected chi connectivity index (χ0v) is 15.5. The standard InChI is InChI=1S/C20H27N3O3/c1-14(2)17(15-8-4-3-5-9-15)21-16(24)10-13-23-18(25)20(22-19(23)26)11-6-7-12-20/h3-5,8-9,14,17H,6-7,10-13H2,1-2H3,(H,21,24)(H,22,26). The van der Waals surface area contributed by atoms with E-state index in [1.165, 1.54) is 4.90 Å². The van der Waals surface area contributed by atoms with E-state index >= 15 is 0 Å². The zero-order valence-electron chi connectivity index (χ0n) is 15.5. The molecule has 1 spiro atoms. The van der Waals surface area contributed by atoms with E-state index in [1.807, 2.05) is 30.3 Å². The molecule has 6 nitrogen and oxygen atoms in total. The molecule has 2 aliphatic rings. The quantitative estimate of drug-likeness (QED) is 0.769. The first-order valence-corrected chi connectivity index (χ1v) is 9.41. The molecule has 1 heterocycles. The number of imide groups is 1. The van der Waals surface area contributed by atoms with Gasteiger partial charge in [-0.1, -0.05) is 57.0 Å². The molecule has 0 aromatic heterocycles. The lowest BCUT2D eigenvalue weighted by Gasteiger charge is -2.23. The molecular formula is C20H27N3O3. The van der Waals surface area contributed by atoms with Gasteiger partial charge in [0.1, 0.15) is 5.54 Å². The molecule has 2 fully saturated rings. The molecule has 2 N–H and O–H groups in total. The fourth-order valence-corrected chi connectivity index (χ4v) is 3.95. The van der Waals surface area contributed by atoms with Crippen molar-refractivity contribution >= 4 is 17.8 Å². The van der Waals surface area contributed by atoms with Crippen LogP contribution in [-0.4, -0.2) is 34.8 Å². The van der Waals surface area contributed by atoms with Gasteiger partial charge in [0.2, 0.25) is 5.91 Å². The van der Waals surface area contributed by atoms with Crippen molar-refractivity contribution in [3.63, 3.8) is 0 Å². The van der Waals surface area contributed by atoms with Crippen molar-refractivity contribution < 1.29 is 14.4 Å². The van der Waals surface area contributed by atoms with Crippen LogP contribution in [0, 0.1) is 5.92 Å². The van der Waals surface area contributed by atoms with E-state index in [-0.39, 0.29) is 42.8 Å². The molecule has 26 heavy (non-hydrogen) atoms. The van der Waals surface area contributed by atoms with Crippen molar-refractivity contribution in [2.45, 2.75) is 57.5 Å². The SMILES string of the molecule is CC(C)C(NC(=O)CCN1C(=O)NC2(CCCC2)C1=O)c1ccccc1. The van der Waals surface area contributed by atoms with E-state index in [0.29, 0.717) is 12.8 Å². The number of carbonyl (C=O) groups is 3. The van der Waals surface area contributed by atoms with Crippen LogP contribution in [0.25, 0.3) is 0 Å². The molecule has 1 aliphatic carbocycles. The van der Waals surface area contributed by atoms with Gasteiger partial charge in [0.25, 0.3) is 5.91 Å². The molecule has 1 aliphatic heterocycles. The molecule has 1 aromatic carbocycles. The van der Waals surface area contributed by atoms with E-state index in [1.54, 1.807) is 0 Å². The van der Waals surface area contributed by atoms with Gasteiger partial charge in [-0.25, -0.2) is 4.79 Å². The third-order valence-corrected chi connectivity index (χ3v) is 5.41. The second-order valence-electron chi connectivity index (χ2n) is 7.63. The summed E-state index contributed by atoms with van der Waals surface area (Å²) in [5, 5.41) is 5.88. The summed E-state index contributed by atoms with van der Waals surface area (Å²) >= 11 is 0. The second kappa shape index (κ2) is 7.48. The number of urea groups is 1. The number of benzene rings is 1. The number of hydrogen-bond acceptors (Lipinski definition) is 3. The van der Waals surface area contributed by atoms with Crippen LogP contribution in [0.4, 0.5) is 4.79 Å². The van der Waals surface area contributed by atoms with Crippen molar-refractivity contribution in [2.75, 3.05) is 6.54 Å². The van der Waals surface area contributed by atoms with Gasteiger partial charge in [0.15, 0.2) is 0 Å². The average molecular weight is 357 g/mol. The van der Waals surface area contributed by atoms with Crippen LogP contribution in [0.15, 0.2) is 30.3 Å². The van der Waals surface area contributed by atoms with Gasteiger partial charge in [-0.2, -0.15) is 0 Å². The number of rotatable bonds is 6. The van der Waals surface area contributed by atoms with Gasteiger partial charge < -0.3 is 10.6 Å². The molecule has 4 amide bonds. The zero-order chi connectivity index (χ0) is 18.7. The van der Waals surface area contributed by atoms with Crippen LogP contribution in [0.5, 0.6) is 0 Å². The average Bonchev–Trinajstić information content (AvgIpc) is 3.18. The molecule has 1 unspecified atom stereocenters. The summed E-state index contributed by atoms with van der Waals surface area (Å²) in [6.07, 6.45) is 3.42. The molecule has 1 atom stereocenters. The number of nitrogens with zero attached hydrogens (tertiary/aromatic N) is 1. The molecule has 3 rings (SSSR count). The van der Waals surface area contributed by atoms with Crippen LogP contribution in [0.1, 0.15) is 57.6 Å². The normalized spacial score (nSPS) is 19.9. The summed E-state index contributed by atoms with van der Waals surface area (Å²) < 4.78 is 0. The van der Waals surface area contributed by atoms with Crippen LogP contribution in [-0.2, 0) is 9.59 Å². The Morgan fingerprint density at radius 3 is 2.46 bits per heavy atom. The number of hydrogen-bond donors (Lipinski definition) is 2. The van der Waals surface area contributed by atoms with Crippen molar-refractivity contribution in [3.8, 4) is 0 Å². The third kappa shape index (κ3) is 3.59.